The second kappa shape index (κ2) is 17.4. The van der Waals surface area contributed by atoms with Gasteiger partial charge in [0.25, 0.3) is 0 Å². The molecule has 8 rings (SSSR count). The summed E-state index contributed by atoms with van der Waals surface area (Å²) in [6, 6.07) is 27.9. The summed E-state index contributed by atoms with van der Waals surface area (Å²) in [5, 5.41) is 3.91. The van der Waals surface area contributed by atoms with Crippen molar-refractivity contribution in [3.8, 4) is 0 Å². The summed E-state index contributed by atoms with van der Waals surface area (Å²) in [5.41, 5.74) is -11.7. The smallest absolute Gasteiger partial charge is 0.207 e. The quantitative estimate of drug-likeness (QED) is 0.0514. The molecule has 1 heterocycles. The number of para-hydroxylation sites is 1. The van der Waals surface area contributed by atoms with Crippen LogP contribution in [0.5, 0.6) is 0 Å². The lowest BCUT2D eigenvalue weighted by Gasteiger charge is -2.44. The van der Waals surface area contributed by atoms with E-state index in [1.54, 1.807) is 0 Å². The van der Waals surface area contributed by atoms with Crippen molar-refractivity contribution in [3.63, 3.8) is 0 Å². The predicted octanol–water partition coefficient (Wildman–Crippen LogP) is 10.2. The van der Waals surface area contributed by atoms with Gasteiger partial charge in [-0.3, -0.25) is 0 Å². The van der Waals surface area contributed by atoms with Crippen LogP contribution < -0.4 is 26.4 Å². The molecule has 0 N–H and O–H groups in total. The SMILES string of the molecule is Fc1c(F)c(F)c([B-](c2c(F)c(F)c(F)c(F)c2F)(c2c(F)c(F)c(F)c(F)c2F)c2c(F)c(F)c(F)c(F)c2F)c(F)c1F.c1ccc2c(C[n+]3cccc4ccccc43)cccc2c1. The number of nitrogens with zero attached hydrogens (tertiary/aromatic N) is 1. The lowest BCUT2D eigenvalue weighted by molar-refractivity contribution is -0.662. The fourth-order valence-corrected chi connectivity index (χ4v) is 7.85. The standard InChI is InChI=1S/C24BF20.C20H16N/c26-5-1(6(27)14(35)21(42)13(5)34)25(2-7(28)15(36)22(43)16(37)8(2)29,3-9(30)17(38)23(44)18(39)10(3)31)4-11(32)19(40)24(45)20(41)12(4)33;1-3-12-19-16(7-1)9-5-10-18(19)15-21-14-6-11-17-8-2-4-13-20(17)21/h;1-14H,15H2/q-1;+1. The molecule has 0 unspecified atom stereocenters. The number of halogens is 20. The molecule has 0 amide bonds. The molecule has 7 aromatic carbocycles. The van der Waals surface area contributed by atoms with Crippen LogP contribution in [-0.2, 0) is 6.54 Å². The third kappa shape index (κ3) is 7.03. The average molecular weight is 949 g/mol. The molecular formula is C44H16BF20N. The van der Waals surface area contributed by atoms with Gasteiger partial charge in [-0.15, -0.1) is 21.9 Å². The molecule has 1 aromatic heterocycles. The molecule has 0 saturated carbocycles. The fourth-order valence-electron chi connectivity index (χ4n) is 7.85. The third-order valence-electron chi connectivity index (χ3n) is 10.7. The van der Waals surface area contributed by atoms with E-state index in [1.807, 2.05) is 0 Å². The van der Waals surface area contributed by atoms with Crippen LogP contribution >= 0.6 is 0 Å². The molecule has 8 aromatic rings. The molecule has 0 saturated heterocycles. The number of rotatable bonds is 6. The van der Waals surface area contributed by atoms with Gasteiger partial charge in [-0.25, -0.2) is 87.8 Å². The fraction of sp³-hybridized carbons (Fsp3) is 0.0227. The Morgan fingerprint density at radius 1 is 0.288 bits per heavy atom. The zero-order chi connectivity index (χ0) is 48.4. The van der Waals surface area contributed by atoms with E-state index in [2.05, 4.69) is 89.6 Å². The third-order valence-corrected chi connectivity index (χ3v) is 10.7. The monoisotopic (exact) mass is 949 g/mol. The Kier molecular flexibility index (Phi) is 12.3. The summed E-state index contributed by atoms with van der Waals surface area (Å²) in [5.74, 6) is -71.4. The summed E-state index contributed by atoms with van der Waals surface area (Å²) in [7, 11) is 0. The summed E-state index contributed by atoms with van der Waals surface area (Å²) in [4.78, 5) is 0. The highest BCUT2D eigenvalue weighted by atomic mass is 19.2. The first-order valence-electron chi connectivity index (χ1n) is 18.2. The number of hydrogen-bond donors (Lipinski definition) is 0. The lowest BCUT2D eigenvalue weighted by Crippen LogP contribution is -2.81. The minimum absolute atomic E-state index is 0.892. The highest BCUT2D eigenvalue weighted by Crippen LogP contribution is 2.31. The van der Waals surface area contributed by atoms with Crippen LogP contribution in [0.1, 0.15) is 5.56 Å². The maximum Gasteiger partial charge on any atom is 0.212 e. The Bertz CT molecular complexity index is 2830. The van der Waals surface area contributed by atoms with Crippen molar-refractivity contribution >= 4 is 49.7 Å². The molecule has 0 fully saturated rings. The van der Waals surface area contributed by atoms with E-state index in [4.69, 9.17) is 0 Å². The van der Waals surface area contributed by atoms with Crippen LogP contribution in [0.15, 0.2) is 85.1 Å². The Hall–Kier alpha value is -7.13. The van der Waals surface area contributed by atoms with Crippen molar-refractivity contribution < 1.29 is 92.4 Å². The average Bonchev–Trinajstić information content (AvgIpc) is 3.31. The Balaban J connectivity index is 0.000000254. The summed E-state index contributed by atoms with van der Waals surface area (Å²) >= 11 is 0. The highest BCUT2D eigenvalue weighted by molar-refractivity contribution is 7.20. The summed E-state index contributed by atoms with van der Waals surface area (Å²) in [6.45, 7) is 0.892. The first-order valence-corrected chi connectivity index (χ1v) is 18.2. The topological polar surface area (TPSA) is 3.88 Å². The van der Waals surface area contributed by atoms with Crippen LogP contribution in [0.25, 0.3) is 21.7 Å². The molecule has 0 radical (unpaired) electrons. The molecule has 22 heteroatoms. The van der Waals surface area contributed by atoms with Crippen LogP contribution in [0.4, 0.5) is 87.8 Å². The molecule has 0 aliphatic rings. The molecule has 1 nitrogen and oxygen atoms in total. The number of aromatic nitrogens is 1. The lowest BCUT2D eigenvalue weighted by atomic mass is 9.12. The van der Waals surface area contributed by atoms with Crippen LogP contribution in [0.2, 0.25) is 0 Å². The Morgan fingerprint density at radius 2 is 0.576 bits per heavy atom. The molecule has 66 heavy (non-hydrogen) atoms. The van der Waals surface area contributed by atoms with Crippen molar-refractivity contribution in [1.82, 2.24) is 0 Å². The molecular weight excluding hydrogens is 933 g/mol. The maximum absolute atomic E-state index is 15.4. The van der Waals surface area contributed by atoms with Crippen molar-refractivity contribution in [2.45, 2.75) is 6.54 Å². The van der Waals surface area contributed by atoms with Gasteiger partial charge in [0.1, 0.15) is 52.7 Å². The van der Waals surface area contributed by atoms with E-state index < -0.39 is 144 Å². The zero-order valence-corrected chi connectivity index (χ0v) is 31.9. The van der Waals surface area contributed by atoms with Crippen LogP contribution in [0.3, 0.4) is 0 Å². The molecule has 0 aliphatic heterocycles. The second-order valence-corrected chi connectivity index (χ2v) is 14.1. The zero-order valence-electron chi connectivity index (χ0n) is 31.9. The van der Waals surface area contributed by atoms with E-state index in [9.17, 15) is 52.7 Å². The van der Waals surface area contributed by atoms with E-state index in [0.29, 0.717) is 0 Å². The second-order valence-electron chi connectivity index (χ2n) is 14.1. The largest absolute Gasteiger partial charge is 0.212 e. The van der Waals surface area contributed by atoms with Crippen molar-refractivity contribution in [2.24, 2.45) is 0 Å². The maximum atomic E-state index is 15.4. The van der Waals surface area contributed by atoms with Crippen LogP contribution in [0, 0.1) is 116 Å². The van der Waals surface area contributed by atoms with E-state index >= 15 is 35.1 Å². The van der Waals surface area contributed by atoms with Gasteiger partial charge in [0.2, 0.25) is 5.52 Å². The first-order chi connectivity index (χ1) is 31.1. The number of benzene rings is 7. The van der Waals surface area contributed by atoms with Gasteiger partial charge in [-0.1, -0.05) is 54.6 Å². The Morgan fingerprint density at radius 3 is 0.955 bits per heavy atom. The molecule has 0 atom stereocenters. The molecule has 0 aliphatic carbocycles. The predicted molar refractivity (Wildman–Crippen MR) is 196 cm³/mol. The van der Waals surface area contributed by atoms with Crippen LogP contribution in [-0.4, -0.2) is 6.15 Å². The minimum atomic E-state index is -7.22. The first kappa shape index (κ1) is 46.9. The summed E-state index contributed by atoms with van der Waals surface area (Å²) in [6.07, 6.45) is -5.06. The van der Waals surface area contributed by atoms with Gasteiger partial charge in [0, 0.05) is 23.1 Å². The van der Waals surface area contributed by atoms with Gasteiger partial charge in [0.15, 0.2) is 82.5 Å². The molecule has 340 valence electrons. The van der Waals surface area contributed by atoms with Crippen molar-refractivity contribution in [2.75, 3.05) is 0 Å². The van der Waals surface area contributed by atoms with E-state index in [-0.39, 0.29) is 0 Å². The van der Waals surface area contributed by atoms with Gasteiger partial charge in [0.05, 0.1) is 0 Å². The minimum Gasteiger partial charge on any atom is -0.207 e. The number of pyridine rings is 1. The van der Waals surface area contributed by atoms with E-state index in [0.717, 1.165) is 6.54 Å². The normalized spacial score (nSPS) is 11.7. The molecule has 0 bridgehead atoms. The van der Waals surface area contributed by atoms with E-state index in [1.165, 1.54) is 27.2 Å². The number of fused-ring (bicyclic) bond motifs is 2. The Labute approximate surface area is 355 Å². The highest BCUT2D eigenvalue weighted by Gasteiger charge is 2.52. The van der Waals surface area contributed by atoms with Gasteiger partial charge < -0.3 is 0 Å². The summed E-state index contributed by atoms with van der Waals surface area (Å²) < 4.78 is 296. The van der Waals surface area contributed by atoms with Gasteiger partial charge in [-0.2, -0.15) is 4.57 Å². The van der Waals surface area contributed by atoms with Gasteiger partial charge >= 0.3 is 0 Å². The molecule has 0 spiro atoms. The van der Waals surface area contributed by atoms with Gasteiger partial charge in [-0.05, 0) is 22.9 Å². The van der Waals surface area contributed by atoms with Crippen molar-refractivity contribution in [3.05, 3.63) is 207 Å². The van der Waals surface area contributed by atoms with Crippen molar-refractivity contribution in [1.29, 1.82) is 0 Å². The number of hydrogen-bond acceptors (Lipinski definition) is 0.